The van der Waals surface area contributed by atoms with Crippen molar-refractivity contribution in [3.8, 4) is 0 Å². The molecule has 1 aromatic carbocycles. The second-order valence-corrected chi connectivity index (χ2v) is 12.4. The molecular weight excluding hydrogens is 351 g/mol. The Morgan fingerprint density at radius 1 is 1.22 bits per heavy atom. The maximum atomic E-state index is 6.18. The van der Waals surface area contributed by atoms with E-state index in [4.69, 9.17) is 4.43 Å². The average molecular weight is 376 g/mol. The number of aryl methyl sites for hydroxylation is 1. The largest absolute Gasteiger partial charge is 0.417 e. The molecule has 0 spiro atoms. The van der Waals surface area contributed by atoms with Crippen LogP contribution in [0.4, 0.5) is 0 Å². The molecule has 0 unspecified atom stereocenters. The molecule has 102 valence electrons. The standard InChI is InChI=1S/C15H25IOSi/c1-15(2,3)18(4,5)17-11-7-9-13-8-6-10-14(16)12-13/h6,8,10,12H,7,9,11H2,1-5H3. The van der Waals surface area contributed by atoms with Crippen molar-refractivity contribution in [3.63, 3.8) is 0 Å². The summed E-state index contributed by atoms with van der Waals surface area (Å²) < 4.78 is 7.50. The summed E-state index contributed by atoms with van der Waals surface area (Å²) in [5.74, 6) is 0. The topological polar surface area (TPSA) is 9.23 Å². The highest BCUT2D eigenvalue weighted by atomic mass is 127. The van der Waals surface area contributed by atoms with E-state index in [1.54, 1.807) is 0 Å². The lowest BCUT2D eigenvalue weighted by Crippen LogP contribution is -2.41. The molecule has 18 heavy (non-hydrogen) atoms. The van der Waals surface area contributed by atoms with E-state index in [9.17, 15) is 0 Å². The molecule has 0 aliphatic heterocycles. The first-order valence-corrected chi connectivity index (χ1v) is 10.6. The molecule has 0 saturated heterocycles. The van der Waals surface area contributed by atoms with Gasteiger partial charge in [0.2, 0.25) is 0 Å². The second-order valence-electron chi connectivity index (χ2n) is 6.34. The molecular formula is C15H25IOSi. The van der Waals surface area contributed by atoms with E-state index in [-0.39, 0.29) is 0 Å². The van der Waals surface area contributed by atoms with Crippen molar-refractivity contribution < 1.29 is 4.43 Å². The van der Waals surface area contributed by atoms with Gasteiger partial charge in [-0.3, -0.25) is 0 Å². The molecule has 1 nitrogen and oxygen atoms in total. The van der Waals surface area contributed by atoms with Gasteiger partial charge in [0, 0.05) is 10.2 Å². The van der Waals surface area contributed by atoms with Crippen LogP contribution in [0.3, 0.4) is 0 Å². The third-order valence-electron chi connectivity index (χ3n) is 3.77. The Balaban J connectivity index is 2.35. The van der Waals surface area contributed by atoms with E-state index in [1.165, 1.54) is 9.13 Å². The quantitative estimate of drug-likeness (QED) is 0.388. The Bertz CT molecular complexity index is 382. The molecule has 0 saturated carbocycles. The number of hydrogen-bond donors (Lipinski definition) is 0. The first-order chi connectivity index (χ1) is 8.22. The smallest absolute Gasteiger partial charge is 0.191 e. The van der Waals surface area contributed by atoms with E-state index < -0.39 is 8.32 Å². The Morgan fingerprint density at radius 3 is 2.44 bits per heavy atom. The van der Waals surface area contributed by atoms with Crippen LogP contribution in [0.25, 0.3) is 0 Å². The summed E-state index contributed by atoms with van der Waals surface area (Å²) in [5, 5.41) is 0.315. The van der Waals surface area contributed by atoms with Crippen LogP contribution >= 0.6 is 22.6 Å². The molecule has 0 amide bonds. The number of rotatable bonds is 5. The molecule has 3 heteroatoms. The minimum atomic E-state index is -1.56. The Kier molecular flexibility index (Phi) is 5.87. The fourth-order valence-electron chi connectivity index (χ4n) is 1.51. The summed E-state index contributed by atoms with van der Waals surface area (Å²) in [6.07, 6.45) is 2.23. The number of benzene rings is 1. The zero-order chi connectivity index (χ0) is 13.8. The lowest BCUT2D eigenvalue weighted by molar-refractivity contribution is 0.282. The summed E-state index contributed by atoms with van der Waals surface area (Å²) in [5.41, 5.74) is 1.42. The van der Waals surface area contributed by atoms with Gasteiger partial charge in [0.15, 0.2) is 8.32 Å². The molecule has 0 aliphatic carbocycles. The van der Waals surface area contributed by atoms with Gasteiger partial charge in [-0.2, -0.15) is 0 Å². The van der Waals surface area contributed by atoms with Crippen LogP contribution < -0.4 is 0 Å². The molecule has 1 aromatic rings. The monoisotopic (exact) mass is 376 g/mol. The Hall–Kier alpha value is 0.127. The van der Waals surface area contributed by atoms with E-state index in [0.29, 0.717) is 5.04 Å². The predicted molar refractivity (Wildman–Crippen MR) is 90.6 cm³/mol. The molecule has 0 fully saturated rings. The van der Waals surface area contributed by atoms with Gasteiger partial charge in [-0.25, -0.2) is 0 Å². The highest BCUT2D eigenvalue weighted by Gasteiger charge is 2.36. The summed E-state index contributed by atoms with van der Waals surface area (Å²) in [4.78, 5) is 0. The highest BCUT2D eigenvalue weighted by molar-refractivity contribution is 14.1. The third kappa shape index (κ3) is 5.01. The van der Waals surface area contributed by atoms with Crippen LogP contribution in [0.5, 0.6) is 0 Å². The minimum absolute atomic E-state index is 0.315. The fourth-order valence-corrected chi connectivity index (χ4v) is 3.21. The van der Waals surface area contributed by atoms with Crippen LogP contribution in [0.1, 0.15) is 32.8 Å². The zero-order valence-corrected chi connectivity index (χ0v) is 15.4. The SMILES string of the molecule is CC(C)(C)[Si](C)(C)OCCCc1cccc(I)c1. The maximum absolute atomic E-state index is 6.18. The summed E-state index contributed by atoms with van der Waals surface area (Å²) >= 11 is 2.37. The van der Waals surface area contributed by atoms with Crippen molar-refractivity contribution in [3.05, 3.63) is 33.4 Å². The van der Waals surface area contributed by atoms with E-state index in [1.807, 2.05) is 0 Å². The Morgan fingerprint density at radius 2 is 1.89 bits per heavy atom. The number of hydrogen-bond acceptors (Lipinski definition) is 1. The van der Waals surface area contributed by atoms with Gasteiger partial charge in [0.05, 0.1) is 0 Å². The summed E-state index contributed by atoms with van der Waals surface area (Å²) in [7, 11) is -1.56. The normalized spacial score (nSPS) is 12.8. The highest BCUT2D eigenvalue weighted by Crippen LogP contribution is 2.36. The van der Waals surface area contributed by atoms with Crippen molar-refractivity contribution >= 4 is 30.9 Å². The van der Waals surface area contributed by atoms with Crippen LogP contribution in [0, 0.1) is 3.57 Å². The Labute approximate surface area is 127 Å². The van der Waals surface area contributed by atoms with E-state index in [2.05, 4.69) is 80.7 Å². The minimum Gasteiger partial charge on any atom is -0.417 e. The molecule has 0 heterocycles. The second kappa shape index (κ2) is 6.53. The van der Waals surface area contributed by atoms with Gasteiger partial charge in [-0.15, -0.1) is 0 Å². The van der Waals surface area contributed by atoms with Crippen molar-refractivity contribution in [2.24, 2.45) is 0 Å². The van der Waals surface area contributed by atoms with Gasteiger partial charge in [-0.05, 0) is 71.3 Å². The molecule has 0 radical (unpaired) electrons. The molecule has 1 rings (SSSR count). The predicted octanol–water partition coefficient (Wildman–Crippen LogP) is 5.25. The zero-order valence-electron chi connectivity index (χ0n) is 12.2. The van der Waals surface area contributed by atoms with Crippen molar-refractivity contribution in [1.29, 1.82) is 0 Å². The molecule has 0 atom stereocenters. The van der Waals surface area contributed by atoms with Gasteiger partial charge >= 0.3 is 0 Å². The van der Waals surface area contributed by atoms with Crippen LogP contribution in [-0.4, -0.2) is 14.9 Å². The maximum Gasteiger partial charge on any atom is 0.191 e. The summed E-state index contributed by atoms with van der Waals surface area (Å²) in [6, 6.07) is 8.73. The van der Waals surface area contributed by atoms with Gasteiger partial charge < -0.3 is 4.43 Å². The molecule has 0 N–H and O–H groups in total. The first-order valence-electron chi connectivity index (χ1n) is 6.61. The lowest BCUT2D eigenvalue weighted by Gasteiger charge is -2.36. The van der Waals surface area contributed by atoms with Crippen molar-refractivity contribution in [1.82, 2.24) is 0 Å². The summed E-state index contributed by atoms with van der Waals surface area (Å²) in [6.45, 7) is 12.4. The average Bonchev–Trinajstić information content (AvgIpc) is 2.23. The first kappa shape index (κ1) is 16.2. The number of halogens is 1. The van der Waals surface area contributed by atoms with Crippen LogP contribution in [0.15, 0.2) is 24.3 Å². The molecule has 0 bridgehead atoms. The fraction of sp³-hybridized carbons (Fsp3) is 0.600. The van der Waals surface area contributed by atoms with Gasteiger partial charge in [0.1, 0.15) is 0 Å². The molecule has 0 aliphatic rings. The van der Waals surface area contributed by atoms with Gasteiger partial charge in [0.25, 0.3) is 0 Å². The lowest BCUT2D eigenvalue weighted by atomic mass is 10.1. The van der Waals surface area contributed by atoms with Crippen molar-refractivity contribution in [2.75, 3.05) is 6.61 Å². The van der Waals surface area contributed by atoms with Crippen molar-refractivity contribution in [2.45, 2.75) is 51.7 Å². The van der Waals surface area contributed by atoms with Crippen LogP contribution in [-0.2, 0) is 10.8 Å². The third-order valence-corrected chi connectivity index (χ3v) is 8.98. The van der Waals surface area contributed by atoms with E-state index >= 15 is 0 Å². The van der Waals surface area contributed by atoms with Gasteiger partial charge in [-0.1, -0.05) is 32.9 Å². The van der Waals surface area contributed by atoms with Crippen LogP contribution in [0.2, 0.25) is 18.1 Å². The van der Waals surface area contributed by atoms with E-state index in [0.717, 1.165) is 19.4 Å². The molecule has 0 aromatic heterocycles.